The minimum Gasteiger partial charge on any atom is -0.478 e. The molecule has 5 nitrogen and oxygen atoms in total. The van der Waals surface area contributed by atoms with E-state index in [-0.39, 0.29) is 5.56 Å². The molecule has 0 saturated carbocycles. The van der Waals surface area contributed by atoms with Gasteiger partial charge in [0.1, 0.15) is 6.10 Å². The smallest absolute Gasteiger partial charge is 0.336 e. The number of hydrogen-bond donors (Lipinski definition) is 4. The molecule has 0 aromatic heterocycles. The quantitative estimate of drug-likeness (QED) is 0.632. The van der Waals surface area contributed by atoms with Gasteiger partial charge in [-0.3, -0.25) is 0 Å². The molecule has 18 heavy (non-hydrogen) atoms. The Balaban J connectivity index is 2.89. The second-order valence-corrected chi connectivity index (χ2v) is 4.80. The second-order valence-electron chi connectivity index (χ2n) is 3.95. The molecular weight excluding hydrogens is 302 g/mol. The summed E-state index contributed by atoms with van der Waals surface area (Å²) in [6, 6.07) is 4.50. The molecule has 1 aromatic rings. The summed E-state index contributed by atoms with van der Waals surface area (Å²) in [4.78, 5) is 11.0. The van der Waals surface area contributed by atoms with Gasteiger partial charge in [0.15, 0.2) is 0 Å². The summed E-state index contributed by atoms with van der Waals surface area (Å²) >= 11 is 3.12. The molecule has 0 saturated heterocycles. The largest absolute Gasteiger partial charge is 0.478 e. The summed E-state index contributed by atoms with van der Waals surface area (Å²) in [5, 5.41) is 31.5. The highest BCUT2D eigenvalue weighted by Crippen LogP contribution is 2.24. The summed E-state index contributed by atoms with van der Waals surface area (Å²) in [5.74, 6) is -1.08. The van der Waals surface area contributed by atoms with Gasteiger partial charge < -0.3 is 20.6 Å². The van der Waals surface area contributed by atoms with Crippen molar-refractivity contribution < 1.29 is 20.1 Å². The molecule has 2 atom stereocenters. The Labute approximate surface area is 114 Å². The van der Waals surface area contributed by atoms with Crippen molar-refractivity contribution in [2.45, 2.75) is 18.6 Å². The third kappa shape index (κ3) is 3.78. The first-order valence-electron chi connectivity index (χ1n) is 5.50. The monoisotopic (exact) mass is 317 g/mol. The fraction of sp³-hybridized carbons (Fsp3) is 0.417. The number of halogens is 1. The van der Waals surface area contributed by atoms with Crippen LogP contribution in [0.4, 0.5) is 0 Å². The lowest BCUT2D eigenvalue weighted by Gasteiger charge is -2.18. The Morgan fingerprint density at radius 3 is 2.67 bits per heavy atom. The summed E-state index contributed by atoms with van der Waals surface area (Å²) in [6.07, 6.45) is -1.64. The zero-order valence-corrected chi connectivity index (χ0v) is 11.5. The van der Waals surface area contributed by atoms with E-state index < -0.39 is 18.2 Å². The summed E-state index contributed by atoms with van der Waals surface area (Å²) < 4.78 is 0.440. The van der Waals surface area contributed by atoms with Crippen LogP contribution in [0.25, 0.3) is 0 Å². The number of rotatable bonds is 6. The van der Waals surface area contributed by atoms with Gasteiger partial charge >= 0.3 is 5.97 Å². The molecule has 0 bridgehead atoms. The molecule has 100 valence electrons. The number of benzene rings is 1. The van der Waals surface area contributed by atoms with Crippen LogP contribution in [0.15, 0.2) is 22.7 Å². The molecule has 0 aliphatic rings. The molecule has 6 heteroatoms. The van der Waals surface area contributed by atoms with Crippen LogP contribution in [0.2, 0.25) is 0 Å². The van der Waals surface area contributed by atoms with Crippen molar-refractivity contribution >= 4 is 21.9 Å². The van der Waals surface area contributed by atoms with Gasteiger partial charge in [-0.05, 0) is 53.6 Å². The molecule has 4 N–H and O–H groups in total. The third-order valence-corrected chi connectivity index (χ3v) is 3.31. The predicted octanol–water partition coefficient (Wildman–Crippen LogP) is 1.15. The van der Waals surface area contributed by atoms with Gasteiger partial charge in [-0.1, -0.05) is 6.07 Å². The maximum atomic E-state index is 11.0. The number of aromatic carboxylic acids is 1. The second kappa shape index (κ2) is 6.84. The molecule has 0 spiro atoms. The molecule has 1 aromatic carbocycles. The average molecular weight is 318 g/mol. The van der Waals surface area contributed by atoms with Crippen molar-refractivity contribution in [1.29, 1.82) is 0 Å². The van der Waals surface area contributed by atoms with Crippen molar-refractivity contribution in [3.05, 3.63) is 33.8 Å². The van der Waals surface area contributed by atoms with Gasteiger partial charge in [-0.2, -0.15) is 0 Å². The Morgan fingerprint density at radius 1 is 1.44 bits per heavy atom. The van der Waals surface area contributed by atoms with Gasteiger partial charge in [-0.15, -0.1) is 0 Å². The zero-order chi connectivity index (χ0) is 13.7. The zero-order valence-electron chi connectivity index (χ0n) is 9.93. The Hall–Kier alpha value is -0.950. The van der Waals surface area contributed by atoms with Crippen molar-refractivity contribution in [2.75, 3.05) is 13.6 Å². The Kier molecular flexibility index (Phi) is 5.74. The minimum absolute atomic E-state index is 0.0624. The SMILES string of the molecule is CNCCC(O)C(O)c1ccc(Br)c(C(=O)O)c1. The molecule has 0 fully saturated rings. The van der Waals surface area contributed by atoms with Crippen LogP contribution in [0.1, 0.15) is 28.4 Å². The number of aliphatic hydroxyl groups is 2. The summed E-state index contributed by atoms with van der Waals surface area (Å²) in [7, 11) is 1.75. The normalized spacial score (nSPS) is 14.2. The standard InChI is InChI=1S/C12H16BrNO4/c1-14-5-4-10(15)11(16)7-2-3-9(13)8(6-7)12(17)18/h2-3,6,10-11,14-16H,4-5H2,1H3,(H,17,18). The predicted molar refractivity (Wildman–Crippen MR) is 70.6 cm³/mol. The first-order chi connectivity index (χ1) is 8.47. The van der Waals surface area contributed by atoms with Crippen molar-refractivity contribution in [2.24, 2.45) is 0 Å². The van der Waals surface area contributed by atoms with E-state index in [9.17, 15) is 15.0 Å². The molecule has 0 aliphatic heterocycles. The molecular formula is C12H16BrNO4. The van der Waals surface area contributed by atoms with Crippen LogP contribution in [-0.4, -0.2) is 41.0 Å². The Morgan fingerprint density at radius 2 is 2.11 bits per heavy atom. The highest BCUT2D eigenvalue weighted by molar-refractivity contribution is 9.10. The van der Waals surface area contributed by atoms with Gasteiger partial charge in [0.25, 0.3) is 0 Å². The van der Waals surface area contributed by atoms with E-state index in [1.165, 1.54) is 6.07 Å². The molecule has 0 aliphatic carbocycles. The van der Waals surface area contributed by atoms with Gasteiger partial charge in [0.2, 0.25) is 0 Å². The van der Waals surface area contributed by atoms with Crippen LogP contribution < -0.4 is 5.32 Å². The number of carbonyl (C=O) groups is 1. The lowest BCUT2D eigenvalue weighted by Crippen LogP contribution is -2.23. The van der Waals surface area contributed by atoms with E-state index >= 15 is 0 Å². The van der Waals surface area contributed by atoms with E-state index in [2.05, 4.69) is 21.2 Å². The number of carboxylic acids is 1. The van der Waals surface area contributed by atoms with E-state index in [0.29, 0.717) is 23.0 Å². The van der Waals surface area contributed by atoms with Gasteiger partial charge in [0, 0.05) is 4.47 Å². The lowest BCUT2D eigenvalue weighted by molar-refractivity contribution is 0.0139. The number of aliphatic hydroxyl groups excluding tert-OH is 2. The van der Waals surface area contributed by atoms with Gasteiger partial charge in [0.05, 0.1) is 11.7 Å². The maximum Gasteiger partial charge on any atom is 0.336 e. The highest BCUT2D eigenvalue weighted by Gasteiger charge is 2.20. The lowest BCUT2D eigenvalue weighted by atomic mass is 10.00. The van der Waals surface area contributed by atoms with E-state index in [1.54, 1.807) is 19.2 Å². The molecule has 0 amide bonds. The van der Waals surface area contributed by atoms with Crippen LogP contribution in [0.3, 0.4) is 0 Å². The number of nitrogens with one attached hydrogen (secondary N) is 1. The fourth-order valence-corrected chi connectivity index (χ4v) is 1.98. The highest BCUT2D eigenvalue weighted by atomic mass is 79.9. The average Bonchev–Trinajstić information content (AvgIpc) is 2.35. The van der Waals surface area contributed by atoms with Crippen molar-refractivity contribution in [3.8, 4) is 0 Å². The molecule has 1 rings (SSSR count). The van der Waals surface area contributed by atoms with Crippen LogP contribution in [-0.2, 0) is 0 Å². The Bertz CT molecular complexity index is 425. The van der Waals surface area contributed by atoms with Crippen LogP contribution in [0.5, 0.6) is 0 Å². The molecule has 2 unspecified atom stereocenters. The minimum atomic E-state index is -1.09. The first-order valence-corrected chi connectivity index (χ1v) is 6.30. The first kappa shape index (κ1) is 15.1. The summed E-state index contributed by atoms with van der Waals surface area (Å²) in [6.45, 7) is 0.570. The number of hydrogen-bond acceptors (Lipinski definition) is 4. The molecule has 0 heterocycles. The fourth-order valence-electron chi connectivity index (χ4n) is 1.56. The van der Waals surface area contributed by atoms with E-state index in [1.807, 2.05) is 0 Å². The van der Waals surface area contributed by atoms with E-state index in [0.717, 1.165) is 0 Å². The number of carboxylic acid groups (broad SMARTS) is 1. The molecule has 0 radical (unpaired) electrons. The van der Waals surface area contributed by atoms with Gasteiger partial charge in [-0.25, -0.2) is 4.79 Å². The third-order valence-electron chi connectivity index (χ3n) is 2.62. The topological polar surface area (TPSA) is 89.8 Å². The van der Waals surface area contributed by atoms with Crippen LogP contribution >= 0.6 is 15.9 Å². The van der Waals surface area contributed by atoms with Crippen LogP contribution in [0, 0.1) is 0 Å². The van der Waals surface area contributed by atoms with E-state index in [4.69, 9.17) is 5.11 Å². The maximum absolute atomic E-state index is 11.0. The van der Waals surface area contributed by atoms with Crippen molar-refractivity contribution in [1.82, 2.24) is 5.32 Å². The summed E-state index contributed by atoms with van der Waals surface area (Å²) in [5.41, 5.74) is 0.451. The van der Waals surface area contributed by atoms with Crippen molar-refractivity contribution in [3.63, 3.8) is 0 Å².